The van der Waals surface area contributed by atoms with E-state index in [9.17, 15) is 0 Å². The summed E-state index contributed by atoms with van der Waals surface area (Å²) in [4.78, 5) is 1.23. The predicted octanol–water partition coefficient (Wildman–Crippen LogP) is 2.71. The second-order valence-electron chi connectivity index (χ2n) is 4.11. The third-order valence-electron chi connectivity index (χ3n) is 3.01. The molecule has 1 saturated heterocycles. The van der Waals surface area contributed by atoms with Gasteiger partial charge in [-0.1, -0.05) is 6.07 Å². The van der Waals surface area contributed by atoms with Crippen LogP contribution in [0.25, 0.3) is 0 Å². The van der Waals surface area contributed by atoms with E-state index in [0.29, 0.717) is 0 Å². The Morgan fingerprint density at radius 2 is 2.43 bits per heavy atom. The van der Waals surface area contributed by atoms with Crippen molar-refractivity contribution in [2.75, 3.05) is 6.61 Å². The number of thiophene rings is 1. The van der Waals surface area contributed by atoms with Crippen LogP contribution in [0.5, 0.6) is 0 Å². The first-order chi connectivity index (χ1) is 6.72. The maximum Gasteiger partial charge on any atom is 0.0854 e. The van der Waals surface area contributed by atoms with Crippen LogP contribution in [0.1, 0.15) is 37.1 Å². The maximum absolute atomic E-state index is 6.23. The monoisotopic (exact) mass is 211 g/mol. The Morgan fingerprint density at radius 3 is 3.00 bits per heavy atom. The highest BCUT2D eigenvalue weighted by Crippen LogP contribution is 2.36. The van der Waals surface area contributed by atoms with Crippen LogP contribution in [-0.2, 0) is 4.74 Å². The number of hydrogen-bond donors (Lipinski definition) is 1. The van der Waals surface area contributed by atoms with E-state index in [2.05, 4.69) is 18.4 Å². The summed E-state index contributed by atoms with van der Waals surface area (Å²) in [6.45, 7) is 2.99. The molecule has 1 aliphatic heterocycles. The Balaban J connectivity index is 2.13. The molecule has 1 aromatic heterocycles. The summed E-state index contributed by atoms with van der Waals surface area (Å²) in [5, 5.41) is 2.07. The SMILES string of the molecule is CC1(C(N)c2cccs2)CCCCO1. The molecule has 0 radical (unpaired) electrons. The van der Waals surface area contributed by atoms with Gasteiger partial charge in [-0.25, -0.2) is 0 Å². The van der Waals surface area contributed by atoms with Gasteiger partial charge in [0.05, 0.1) is 11.6 Å². The third-order valence-corrected chi connectivity index (χ3v) is 3.96. The number of hydrogen-bond acceptors (Lipinski definition) is 3. The van der Waals surface area contributed by atoms with Crippen molar-refractivity contribution in [2.45, 2.75) is 37.8 Å². The minimum Gasteiger partial charge on any atom is -0.373 e. The lowest BCUT2D eigenvalue weighted by atomic mass is 9.88. The van der Waals surface area contributed by atoms with Gasteiger partial charge in [-0.2, -0.15) is 0 Å². The molecule has 2 N–H and O–H groups in total. The zero-order valence-electron chi connectivity index (χ0n) is 8.53. The lowest BCUT2D eigenvalue weighted by Gasteiger charge is -2.38. The van der Waals surface area contributed by atoms with E-state index in [4.69, 9.17) is 10.5 Å². The first-order valence-corrected chi connectivity index (χ1v) is 6.03. The van der Waals surface area contributed by atoms with Gasteiger partial charge in [0.1, 0.15) is 0 Å². The summed E-state index contributed by atoms with van der Waals surface area (Å²) < 4.78 is 5.83. The van der Waals surface area contributed by atoms with Gasteiger partial charge >= 0.3 is 0 Å². The molecule has 2 nitrogen and oxygen atoms in total. The minimum atomic E-state index is -0.150. The quantitative estimate of drug-likeness (QED) is 0.816. The van der Waals surface area contributed by atoms with Gasteiger partial charge in [-0.3, -0.25) is 0 Å². The molecule has 2 unspecified atom stereocenters. The molecule has 14 heavy (non-hydrogen) atoms. The number of rotatable bonds is 2. The number of nitrogens with two attached hydrogens (primary N) is 1. The summed E-state index contributed by atoms with van der Waals surface area (Å²) in [5.74, 6) is 0. The van der Waals surface area contributed by atoms with Gasteiger partial charge in [0, 0.05) is 11.5 Å². The normalized spacial score (nSPS) is 30.1. The van der Waals surface area contributed by atoms with Crippen LogP contribution in [0.2, 0.25) is 0 Å². The average molecular weight is 211 g/mol. The fourth-order valence-corrected chi connectivity index (χ4v) is 2.84. The lowest BCUT2D eigenvalue weighted by Crippen LogP contribution is -2.43. The molecule has 0 aromatic carbocycles. The van der Waals surface area contributed by atoms with Crippen molar-refractivity contribution < 1.29 is 4.74 Å². The van der Waals surface area contributed by atoms with Crippen molar-refractivity contribution in [1.82, 2.24) is 0 Å². The molecular formula is C11H17NOS. The summed E-state index contributed by atoms with van der Waals surface area (Å²) >= 11 is 1.72. The van der Waals surface area contributed by atoms with Crippen LogP contribution in [0.4, 0.5) is 0 Å². The minimum absolute atomic E-state index is 0.0304. The van der Waals surface area contributed by atoms with Crippen molar-refractivity contribution in [2.24, 2.45) is 5.73 Å². The van der Waals surface area contributed by atoms with Gasteiger partial charge in [-0.15, -0.1) is 11.3 Å². The molecule has 0 bridgehead atoms. The van der Waals surface area contributed by atoms with Crippen molar-refractivity contribution >= 4 is 11.3 Å². The Labute approximate surface area is 89.1 Å². The smallest absolute Gasteiger partial charge is 0.0854 e. The molecule has 3 heteroatoms. The van der Waals surface area contributed by atoms with Gasteiger partial charge in [0.15, 0.2) is 0 Å². The summed E-state index contributed by atoms with van der Waals surface area (Å²) in [7, 11) is 0. The van der Waals surface area contributed by atoms with Gasteiger partial charge in [0.2, 0.25) is 0 Å². The van der Waals surface area contributed by atoms with Crippen molar-refractivity contribution in [3.05, 3.63) is 22.4 Å². The van der Waals surface area contributed by atoms with E-state index < -0.39 is 0 Å². The third kappa shape index (κ3) is 1.85. The van der Waals surface area contributed by atoms with Gasteiger partial charge < -0.3 is 10.5 Å². The van der Waals surface area contributed by atoms with E-state index in [1.165, 1.54) is 17.7 Å². The maximum atomic E-state index is 6.23. The van der Waals surface area contributed by atoms with E-state index in [1.54, 1.807) is 11.3 Å². The Morgan fingerprint density at radius 1 is 1.57 bits per heavy atom. The Hall–Kier alpha value is -0.380. The topological polar surface area (TPSA) is 35.2 Å². The fraction of sp³-hybridized carbons (Fsp3) is 0.636. The van der Waals surface area contributed by atoms with Crippen LogP contribution in [0.3, 0.4) is 0 Å². The van der Waals surface area contributed by atoms with Crippen molar-refractivity contribution in [3.63, 3.8) is 0 Å². The highest BCUT2D eigenvalue weighted by Gasteiger charge is 2.35. The molecule has 2 rings (SSSR count). The molecule has 0 saturated carbocycles. The van der Waals surface area contributed by atoms with Crippen LogP contribution in [0.15, 0.2) is 17.5 Å². The van der Waals surface area contributed by atoms with Crippen molar-refractivity contribution in [1.29, 1.82) is 0 Å². The molecule has 2 heterocycles. The van der Waals surface area contributed by atoms with E-state index in [0.717, 1.165) is 13.0 Å². The van der Waals surface area contributed by atoms with E-state index in [-0.39, 0.29) is 11.6 Å². The molecule has 78 valence electrons. The highest BCUT2D eigenvalue weighted by molar-refractivity contribution is 7.10. The summed E-state index contributed by atoms with van der Waals surface area (Å²) in [6.07, 6.45) is 3.48. The fourth-order valence-electron chi connectivity index (χ4n) is 1.97. The van der Waals surface area contributed by atoms with E-state index >= 15 is 0 Å². The van der Waals surface area contributed by atoms with Gasteiger partial charge in [0.25, 0.3) is 0 Å². The molecule has 1 aromatic rings. The zero-order chi connectivity index (χ0) is 10.0. The van der Waals surface area contributed by atoms with Crippen LogP contribution >= 0.6 is 11.3 Å². The van der Waals surface area contributed by atoms with E-state index in [1.807, 2.05) is 6.07 Å². The Bertz CT molecular complexity index is 277. The first kappa shape index (κ1) is 10.1. The second kappa shape index (κ2) is 4.01. The summed E-state index contributed by atoms with van der Waals surface area (Å²) in [6, 6.07) is 4.17. The molecular weight excluding hydrogens is 194 g/mol. The number of ether oxygens (including phenoxy) is 1. The predicted molar refractivity (Wildman–Crippen MR) is 59.5 cm³/mol. The van der Waals surface area contributed by atoms with Crippen LogP contribution in [-0.4, -0.2) is 12.2 Å². The molecule has 0 aliphatic carbocycles. The van der Waals surface area contributed by atoms with Crippen molar-refractivity contribution in [3.8, 4) is 0 Å². The standard InChI is InChI=1S/C11H17NOS/c1-11(6-2-3-7-13-11)10(12)9-5-4-8-14-9/h4-5,8,10H,2-3,6-7,12H2,1H3. The second-order valence-corrected chi connectivity index (χ2v) is 5.09. The highest BCUT2D eigenvalue weighted by atomic mass is 32.1. The zero-order valence-corrected chi connectivity index (χ0v) is 9.35. The van der Waals surface area contributed by atoms with Crippen LogP contribution < -0.4 is 5.73 Å². The molecule has 1 fully saturated rings. The summed E-state index contributed by atoms with van der Waals surface area (Å²) in [5.41, 5.74) is 6.08. The van der Waals surface area contributed by atoms with Crippen LogP contribution in [0, 0.1) is 0 Å². The lowest BCUT2D eigenvalue weighted by molar-refractivity contribution is -0.0814. The van der Waals surface area contributed by atoms with Gasteiger partial charge in [-0.05, 0) is 37.6 Å². The molecule has 1 aliphatic rings. The molecule has 0 amide bonds. The largest absolute Gasteiger partial charge is 0.373 e. The molecule has 0 spiro atoms. The first-order valence-electron chi connectivity index (χ1n) is 5.15. The molecule has 2 atom stereocenters. The Kier molecular flexibility index (Phi) is 2.91. The average Bonchev–Trinajstić information content (AvgIpc) is 2.70.